The Morgan fingerprint density at radius 1 is 1.08 bits per heavy atom. The van der Waals surface area contributed by atoms with Crippen molar-refractivity contribution in [3.63, 3.8) is 0 Å². The molecule has 1 amide bonds. The Morgan fingerprint density at radius 3 is 2.67 bits per heavy atom. The molecule has 0 aliphatic carbocycles. The molecule has 2 aliphatic rings. The van der Waals surface area contributed by atoms with Crippen LogP contribution >= 0.6 is 0 Å². The van der Waals surface area contributed by atoms with Crippen LogP contribution in [-0.2, 0) is 16.0 Å². The van der Waals surface area contributed by atoms with Crippen molar-refractivity contribution in [3.8, 4) is 5.75 Å². The van der Waals surface area contributed by atoms with Gasteiger partial charge in [0.25, 0.3) is 0 Å². The van der Waals surface area contributed by atoms with Crippen LogP contribution in [-0.4, -0.2) is 30.1 Å². The molecule has 0 saturated heterocycles. The van der Waals surface area contributed by atoms with Gasteiger partial charge in [-0.2, -0.15) is 0 Å². The molecule has 0 unspecified atom stereocenters. The highest BCUT2D eigenvalue weighted by atomic mass is 16.5. The standard InChI is InChI=1S/C19H17NO4/c21-18(13-9-12-5-1-4-8-17(12)24-11-13)20-10-15(19(22)23)14-6-2-3-7-16(14)20/h1-8,13,15H,9-11H2,(H,22,23)/t13-,15+/m1/s1. The Bertz CT molecular complexity index is 817. The minimum atomic E-state index is -0.900. The van der Waals surface area contributed by atoms with Gasteiger partial charge in [0.1, 0.15) is 18.3 Å². The van der Waals surface area contributed by atoms with Gasteiger partial charge in [0.05, 0.1) is 5.92 Å². The number of carbonyl (C=O) groups excluding carboxylic acids is 1. The summed E-state index contributed by atoms with van der Waals surface area (Å²) in [5, 5.41) is 9.44. The molecule has 0 bridgehead atoms. The van der Waals surface area contributed by atoms with E-state index in [1.54, 1.807) is 11.0 Å². The number of carbonyl (C=O) groups is 2. The second-order valence-corrected chi connectivity index (χ2v) is 6.22. The minimum Gasteiger partial charge on any atom is -0.492 e. The lowest BCUT2D eigenvalue weighted by atomic mass is 9.95. The van der Waals surface area contributed by atoms with Gasteiger partial charge in [-0.15, -0.1) is 0 Å². The summed E-state index contributed by atoms with van der Waals surface area (Å²) < 4.78 is 5.72. The van der Waals surface area contributed by atoms with E-state index >= 15 is 0 Å². The zero-order valence-electron chi connectivity index (χ0n) is 13.0. The Balaban J connectivity index is 1.61. The van der Waals surface area contributed by atoms with Gasteiger partial charge < -0.3 is 14.7 Å². The van der Waals surface area contributed by atoms with E-state index in [-0.39, 0.29) is 18.4 Å². The zero-order valence-corrected chi connectivity index (χ0v) is 13.0. The van der Waals surface area contributed by atoms with E-state index in [9.17, 15) is 14.7 Å². The first kappa shape index (κ1) is 14.8. The quantitative estimate of drug-likeness (QED) is 0.922. The summed E-state index contributed by atoms with van der Waals surface area (Å²) in [6, 6.07) is 14.9. The Hall–Kier alpha value is -2.82. The highest BCUT2D eigenvalue weighted by molar-refractivity contribution is 6.00. The molecule has 5 nitrogen and oxygen atoms in total. The molecule has 0 aromatic heterocycles. The predicted molar refractivity (Wildman–Crippen MR) is 88.3 cm³/mol. The fourth-order valence-corrected chi connectivity index (χ4v) is 3.53. The largest absolute Gasteiger partial charge is 0.492 e. The van der Waals surface area contributed by atoms with E-state index in [1.807, 2.05) is 42.5 Å². The van der Waals surface area contributed by atoms with Crippen molar-refractivity contribution in [1.82, 2.24) is 0 Å². The predicted octanol–water partition coefficient (Wildman–Crippen LogP) is 2.45. The summed E-state index contributed by atoms with van der Waals surface area (Å²) in [7, 11) is 0. The van der Waals surface area contributed by atoms with E-state index in [0.717, 1.165) is 11.3 Å². The molecule has 4 rings (SSSR count). The first-order chi connectivity index (χ1) is 11.6. The van der Waals surface area contributed by atoms with Gasteiger partial charge in [-0.1, -0.05) is 36.4 Å². The Kier molecular flexibility index (Phi) is 3.49. The maximum atomic E-state index is 13.0. The molecule has 0 saturated carbocycles. The molecule has 122 valence electrons. The van der Waals surface area contributed by atoms with Crippen molar-refractivity contribution in [2.75, 3.05) is 18.1 Å². The number of hydrogen-bond acceptors (Lipinski definition) is 3. The lowest BCUT2D eigenvalue weighted by Crippen LogP contribution is -2.40. The second-order valence-electron chi connectivity index (χ2n) is 6.22. The highest BCUT2D eigenvalue weighted by Crippen LogP contribution is 2.38. The number of amides is 1. The lowest BCUT2D eigenvalue weighted by Gasteiger charge is -2.28. The van der Waals surface area contributed by atoms with Crippen LogP contribution in [0, 0.1) is 5.92 Å². The molecule has 0 spiro atoms. The number of benzene rings is 2. The monoisotopic (exact) mass is 323 g/mol. The van der Waals surface area contributed by atoms with Gasteiger partial charge in [-0.25, -0.2) is 0 Å². The number of carboxylic acid groups (broad SMARTS) is 1. The van der Waals surface area contributed by atoms with Crippen LogP contribution in [0.2, 0.25) is 0 Å². The molecule has 0 radical (unpaired) electrons. The van der Waals surface area contributed by atoms with Crippen LogP contribution in [0.3, 0.4) is 0 Å². The topological polar surface area (TPSA) is 66.8 Å². The van der Waals surface area contributed by atoms with Gasteiger partial charge in [-0.3, -0.25) is 9.59 Å². The third-order valence-electron chi connectivity index (χ3n) is 4.76. The van der Waals surface area contributed by atoms with Gasteiger partial charge >= 0.3 is 5.97 Å². The molecule has 24 heavy (non-hydrogen) atoms. The second kappa shape index (κ2) is 5.67. The van der Waals surface area contributed by atoms with Gasteiger partial charge in [0, 0.05) is 12.2 Å². The summed E-state index contributed by atoms with van der Waals surface area (Å²) in [6.45, 7) is 0.512. The third kappa shape index (κ3) is 2.33. The fraction of sp³-hybridized carbons (Fsp3) is 0.263. The molecular formula is C19H17NO4. The number of aliphatic carboxylic acids is 1. The van der Waals surface area contributed by atoms with E-state index in [0.29, 0.717) is 24.3 Å². The van der Waals surface area contributed by atoms with Gasteiger partial charge in [-0.05, 0) is 29.7 Å². The van der Waals surface area contributed by atoms with Crippen LogP contribution in [0.5, 0.6) is 5.75 Å². The summed E-state index contributed by atoms with van der Waals surface area (Å²) in [4.78, 5) is 26.1. The first-order valence-corrected chi connectivity index (χ1v) is 7.99. The average Bonchev–Trinajstić information content (AvgIpc) is 3.00. The minimum absolute atomic E-state index is 0.0688. The Labute approximate surface area is 139 Å². The van der Waals surface area contributed by atoms with Crippen molar-refractivity contribution in [2.45, 2.75) is 12.3 Å². The molecule has 2 heterocycles. The summed E-state index contributed by atoms with van der Waals surface area (Å²) in [5.74, 6) is -1.10. The number of ether oxygens (including phenoxy) is 1. The van der Waals surface area contributed by atoms with Crippen molar-refractivity contribution in [1.29, 1.82) is 0 Å². The molecule has 2 aromatic rings. The molecule has 1 N–H and O–H groups in total. The van der Waals surface area contributed by atoms with Crippen LogP contribution in [0.25, 0.3) is 0 Å². The van der Waals surface area contributed by atoms with Crippen LogP contribution in [0.15, 0.2) is 48.5 Å². The Morgan fingerprint density at radius 2 is 1.83 bits per heavy atom. The lowest BCUT2D eigenvalue weighted by molar-refractivity contribution is -0.138. The van der Waals surface area contributed by atoms with Crippen LogP contribution < -0.4 is 9.64 Å². The third-order valence-corrected chi connectivity index (χ3v) is 4.76. The summed E-state index contributed by atoms with van der Waals surface area (Å²) in [5.41, 5.74) is 2.42. The molecule has 2 aromatic carbocycles. The van der Waals surface area contributed by atoms with Gasteiger partial charge in [0.2, 0.25) is 5.91 Å². The van der Waals surface area contributed by atoms with E-state index in [2.05, 4.69) is 0 Å². The molecule has 0 fully saturated rings. The number of hydrogen-bond donors (Lipinski definition) is 1. The average molecular weight is 323 g/mol. The van der Waals surface area contributed by atoms with Crippen LogP contribution in [0.1, 0.15) is 17.0 Å². The zero-order chi connectivity index (χ0) is 16.7. The van der Waals surface area contributed by atoms with Crippen molar-refractivity contribution in [2.24, 2.45) is 5.92 Å². The molecule has 2 atom stereocenters. The van der Waals surface area contributed by atoms with Crippen molar-refractivity contribution in [3.05, 3.63) is 59.7 Å². The summed E-state index contributed by atoms with van der Waals surface area (Å²) >= 11 is 0. The van der Waals surface area contributed by atoms with Gasteiger partial charge in [0.15, 0.2) is 0 Å². The highest BCUT2D eigenvalue weighted by Gasteiger charge is 2.39. The normalized spacial score (nSPS) is 21.6. The molecule has 2 aliphatic heterocycles. The fourth-order valence-electron chi connectivity index (χ4n) is 3.53. The number of carboxylic acids is 1. The number of para-hydroxylation sites is 2. The number of rotatable bonds is 2. The first-order valence-electron chi connectivity index (χ1n) is 7.99. The van der Waals surface area contributed by atoms with E-state index < -0.39 is 11.9 Å². The van der Waals surface area contributed by atoms with Crippen LogP contribution in [0.4, 0.5) is 5.69 Å². The maximum absolute atomic E-state index is 13.0. The van der Waals surface area contributed by atoms with E-state index in [4.69, 9.17) is 4.74 Å². The van der Waals surface area contributed by atoms with E-state index in [1.165, 1.54) is 0 Å². The molecule has 5 heteroatoms. The maximum Gasteiger partial charge on any atom is 0.312 e. The number of fused-ring (bicyclic) bond motifs is 2. The number of anilines is 1. The summed E-state index contributed by atoms with van der Waals surface area (Å²) in [6.07, 6.45) is 0.616. The molecular weight excluding hydrogens is 306 g/mol. The van der Waals surface area contributed by atoms with Crippen molar-refractivity contribution < 1.29 is 19.4 Å². The number of nitrogens with zero attached hydrogens (tertiary/aromatic N) is 1. The van der Waals surface area contributed by atoms with Crippen molar-refractivity contribution >= 4 is 17.6 Å². The SMILES string of the molecule is O=C(O)[C@H]1CN(C(=O)[C@H]2COc3ccccc3C2)c2ccccc21. The smallest absolute Gasteiger partial charge is 0.312 e.